The van der Waals surface area contributed by atoms with Crippen LogP contribution < -0.4 is 4.72 Å². The molecule has 7 heteroatoms. The summed E-state index contributed by atoms with van der Waals surface area (Å²) in [6.07, 6.45) is 0. The first-order chi connectivity index (χ1) is 9.83. The van der Waals surface area contributed by atoms with E-state index in [1.807, 2.05) is 13.8 Å². The second-order valence-corrected chi connectivity index (χ2v) is 7.40. The summed E-state index contributed by atoms with van der Waals surface area (Å²) in [5.74, 6) is -0.742. The van der Waals surface area contributed by atoms with E-state index in [2.05, 4.69) is 9.62 Å². The van der Waals surface area contributed by atoms with Crippen molar-refractivity contribution in [1.82, 2.24) is 9.62 Å². The maximum absolute atomic E-state index is 13.6. The van der Waals surface area contributed by atoms with Crippen molar-refractivity contribution < 1.29 is 17.5 Å². The van der Waals surface area contributed by atoms with Crippen LogP contribution in [0.5, 0.6) is 0 Å². The summed E-state index contributed by atoms with van der Waals surface area (Å²) < 4.78 is 45.8. The fourth-order valence-corrected chi connectivity index (χ4v) is 3.57. The topological polar surface area (TPSA) is 58.6 Å². The zero-order valence-corrected chi connectivity index (χ0v) is 13.1. The molecule has 1 aromatic carbocycles. The minimum atomic E-state index is -3.85. The lowest BCUT2D eigenvalue weighted by atomic mass is 10.0. The number of halogens is 1. The molecule has 5 nitrogen and oxygen atoms in total. The molecular formula is C14H21FN2O3S. The maximum Gasteiger partial charge on any atom is 0.243 e. The molecule has 118 valence electrons. The number of benzene rings is 1. The predicted octanol–water partition coefficient (Wildman–Crippen LogP) is 1.21. The van der Waals surface area contributed by atoms with Gasteiger partial charge in [0, 0.05) is 25.2 Å². The Bertz CT molecular complexity index is 584. The molecule has 0 aromatic heterocycles. The molecule has 1 N–H and O–H groups in total. The summed E-state index contributed by atoms with van der Waals surface area (Å²) >= 11 is 0. The third kappa shape index (κ3) is 4.00. The van der Waals surface area contributed by atoms with Gasteiger partial charge in [0.05, 0.1) is 13.2 Å². The summed E-state index contributed by atoms with van der Waals surface area (Å²) in [6.45, 7) is 6.93. The minimum Gasteiger partial charge on any atom is -0.379 e. The van der Waals surface area contributed by atoms with Gasteiger partial charge in [-0.3, -0.25) is 4.90 Å². The van der Waals surface area contributed by atoms with Gasteiger partial charge in [-0.1, -0.05) is 12.1 Å². The minimum absolute atomic E-state index is 0.212. The Hall–Kier alpha value is -1.02. The zero-order valence-electron chi connectivity index (χ0n) is 12.3. The van der Waals surface area contributed by atoms with E-state index in [0.29, 0.717) is 13.2 Å². The Morgan fingerprint density at radius 1 is 1.29 bits per heavy atom. The third-order valence-electron chi connectivity index (χ3n) is 3.69. The molecule has 21 heavy (non-hydrogen) atoms. The second-order valence-electron chi connectivity index (χ2n) is 5.67. The molecular weight excluding hydrogens is 295 g/mol. The summed E-state index contributed by atoms with van der Waals surface area (Å²) in [5, 5.41) is 0. The average Bonchev–Trinajstić information content (AvgIpc) is 2.47. The lowest BCUT2D eigenvalue weighted by Gasteiger charge is -2.40. The van der Waals surface area contributed by atoms with Crippen molar-refractivity contribution in [2.75, 3.05) is 32.8 Å². The fourth-order valence-electron chi connectivity index (χ4n) is 2.29. The third-order valence-corrected chi connectivity index (χ3v) is 5.12. The normalized spacial score (nSPS) is 17.9. The van der Waals surface area contributed by atoms with Crippen LogP contribution in [0.4, 0.5) is 4.39 Å². The number of sulfonamides is 1. The SMILES string of the molecule is CC(C)(CNS(=O)(=O)c1ccccc1F)N1CCOCC1. The number of rotatable bonds is 5. The Morgan fingerprint density at radius 2 is 1.90 bits per heavy atom. The summed E-state index contributed by atoms with van der Waals surface area (Å²) in [7, 11) is -3.85. The van der Waals surface area contributed by atoms with Gasteiger partial charge in [0.15, 0.2) is 0 Å². The summed E-state index contributed by atoms with van der Waals surface area (Å²) in [6, 6.07) is 5.37. The van der Waals surface area contributed by atoms with Gasteiger partial charge in [-0.15, -0.1) is 0 Å². The molecule has 1 saturated heterocycles. The van der Waals surface area contributed by atoms with E-state index in [4.69, 9.17) is 4.74 Å². The first-order valence-corrected chi connectivity index (χ1v) is 8.38. The lowest BCUT2D eigenvalue weighted by Crippen LogP contribution is -2.55. The van der Waals surface area contributed by atoms with Crippen LogP contribution >= 0.6 is 0 Å². The van der Waals surface area contributed by atoms with Crippen molar-refractivity contribution in [3.8, 4) is 0 Å². The number of hydrogen-bond acceptors (Lipinski definition) is 4. The highest BCUT2D eigenvalue weighted by molar-refractivity contribution is 7.89. The van der Waals surface area contributed by atoms with Crippen LogP contribution in [0.3, 0.4) is 0 Å². The Kier molecular flexibility index (Phi) is 4.98. The van der Waals surface area contributed by atoms with Gasteiger partial charge >= 0.3 is 0 Å². The molecule has 0 atom stereocenters. The van der Waals surface area contributed by atoms with Crippen LogP contribution in [0.15, 0.2) is 29.2 Å². The highest BCUT2D eigenvalue weighted by Crippen LogP contribution is 2.18. The van der Waals surface area contributed by atoms with Gasteiger partial charge in [0.2, 0.25) is 10.0 Å². The van der Waals surface area contributed by atoms with E-state index >= 15 is 0 Å². The van der Waals surface area contributed by atoms with Gasteiger partial charge < -0.3 is 4.74 Å². The number of morpholine rings is 1. The average molecular weight is 316 g/mol. The van der Waals surface area contributed by atoms with E-state index in [0.717, 1.165) is 19.2 Å². The fraction of sp³-hybridized carbons (Fsp3) is 0.571. The van der Waals surface area contributed by atoms with Crippen molar-refractivity contribution in [3.63, 3.8) is 0 Å². The van der Waals surface area contributed by atoms with Crippen molar-refractivity contribution in [2.45, 2.75) is 24.3 Å². The van der Waals surface area contributed by atoms with E-state index in [1.165, 1.54) is 18.2 Å². The van der Waals surface area contributed by atoms with Gasteiger partial charge in [-0.05, 0) is 26.0 Å². The lowest BCUT2D eigenvalue weighted by molar-refractivity contribution is -0.00803. The Balaban J connectivity index is 2.06. The quantitative estimate of drug-likeness (QED) is 0.887. The highest BCUT2D eigenvalue weighted by Gasteiger charge is 2.30. The molecule has 1 aromatic rings. The molecule has 0 amide bonds. The van der Waals surface area contributed by atoms with Gasteiger partial charge in [-0.25, -0.2) is 17.5 Å². The molecule has 0 spiro atoms. The molecule has 0 saturated carbocycles. The summed E-state index contributed by atoms with van der Waals surface area (Å²) in [4.78, 5) is 1.85. The number of nitrogens with one attached hydrogen (secondary N) is 1. The van der Waals surface area contributed by atoms with Crippen LogP contribution in [-0.2, 0) is 14.8 Å². The molecule has 1 heterocycles. The number of nitrogens with zero attached hydrogens (tertiary/aromatic N) is 1. The molecule has 2 rings (SSSR count). The van der Waals surface area contributed by atoms with Crippen LogP contribution in [0.1, 0.15) is 13.8 Å². The Labute approximate surface area is 125 Å². The van der Waals surface area contributed by atoms with Crippen LogP contribution in [0, 0.1) is 5.82 Å². The predicted molar refractivity (Wildman–Crippen MR) is 78.1 cm³/mol. The standard InChI is InChI=1S/C14H21FN2O3S/c1-14(2,17-7-9-20-10-8-17)11-16-21(18,19)13-6-4-3-5-12(13)15/h3-6,16H,7-11H2,1-2H3. The van der Waals surface area contributed by atoms with E-state index < -0.39 is 15.8 Å². The van der Waals surface area contributed by atoms with Crippen molar-refractivity contribution in [1.29, 1.82) is 0 Å². The second kappa shape index (κ2) is 6.39. The molecule has 0 radical (unpaired) electrons. The van der Waals surface area contributed by atoms with Gasteiger partial charge in [0.25, 0.3) is 0 Å². The molecule has 1 aliphatic rings. The van der Waals surface area contributed by atoms with Crippen LogP contribution in [0.25, 0.3) is 0 Å². The van der Waals surface area contributed by atoms with Crippen LogP contribution in [-0.4, -0.2) is 51.7 Å². The molecule has 0 bridgehead atoms. The van der Waals surface area contributed by atoms with Gasteiger partial charge in [-0.2, -0.15) is 0 Å². The largest absolute Gasteiger partial charge is 0.379 e. The molecule has 0 aliphatic carbocycles. The first-order valence-electron chi connectivity index (χ1n) is 6.90. The summed E-state index contributed by atoms with van der Waals surface area (Å²) in [5.41, 5.74) is -0.359. The van der Waals surface area contributed by atoms with E-state index in [9.17, 15) is 12.8 Å². The van der Waals surface area contributed by atoms with E-state index in [1.54, 1.807) is 0 Å². The smallest absolute Gasteiger partial charge is 0.243 e. The van der Waals surface area contributed by atoms with Crippen molar-refractivity contribution in [2.24, 2.45) is 0 Å². The maximum atomic E-state index is 13.6. The molecule has 1 aliphatic heterocycles. The molecule has 0 unspecified atom stereocenters. The molecule has 1 fully saturated rings. The van der Waals surface area contributed by atoms with Crippen molar-refractivity contribution in [3.05, 3.63) is 30.1 Å². The number of ether oxygens (including phenoxy) is 1. The number of hydrogen-bond donors (Lipinski definition) is 1. The van der Waals surface area contributed by atoms with E-state index in [-0.39, 0.29) is 17.0 Å². The van der Waals surface area contributed by atoms with Crippen LogP contribution in [0.2, 0.25) is 0 Å². The first kappa shape index (κ1) is 16.4. The zero-order chi connectivity index (χ0) is 15.5. The van der Waals surface area contributed by atoms with Crippen molar-refractivity contribution >= 4 is 10.0 Å². The monoisotopic (exact) mass is 316 g/mol. The Morgan fingerprint density at radius 3 is 2.52 bits per heavy atom. The van der Waals surface area contributed by atoms with Gasteiger partial charge in [0.1, 0.15) is 10.7 Å². The highest BCUT2D eigenvalue weighted by atomic mass is 32.2.